The molecule has 166 valence electrons. The number of piperazine rings is 1. The number of hydrogen-bond acceptors (Lipinski definition) is 5. The van der Waals surface area contributed by atoms with Gasteiger partial charge >= 0.3 is 0 Å². The van der Waals surface area contributed by atoms with Crippen molar-refractivity contribution in [3.63, 3.8) is 0 Å². The molecule has 1 saturated heterocycles. The van der Waals surface area contributed by atoms with E-state index in [1.165, 1.54) is 18.0 Å². The summed E-state index contributed by atoms with van der Waals surface area (Å²) in [7, 11) is 0. The molecular formula is C24H24F2N4O2. The molecule has 1 fully saturated rings. The molecule has 0 saturated carbocycles. The first kappa shape index (κ1) is 21.7. The van der Waals surface area contributed by atoms with Crippen LogP contribution in [-0.2, 0) is 6.42 Å². The van der Waals surface area contributed by atoms with Crippen LogP contribution in [0.3, 0.4) is 0 Å². The van der Waals surface area contributed by atoms with Crippen LogP contribution in [-0.4, -0.2) is 46.5 Å². The molecule has 3 aromatic rings. The second-order valence-corrected chi connectivity index (χ2v) is 7.74. The quantitative estimate of drug-likeness (QED) is 0.589. The Hall–Kier alpha value is -3.55. The Bertz CT molecular complexity index is 1110. The summed E-state index contributed by atoms with van der Waals surface area (Å²) in [4.78, 5) is 25.2. The SMILES string of the molecule is CCc1ccc(C(=O)N2CCN(c3cc(Oc4ccc(F)cc4F)ncn3)C[C@@H]2C)cc1. The topological polar surface area (TPSA) is 58.6 Å². The molecule has 1 amide bonds. The Kier molecular flexibility index (Phi) is 6.30. The van der Waals surface area contributed by atoms with E-state index in [0.717, 1.165) is 18.6 Å². The van der Waals surface area contributed by atoms with E-state index in [1.54, 1.807) is 6.07 Å². The third-order valence-corrected chi connectivity index (χ3v) is 5.56. The van der Waals surface area contributed by atoms with Gasteiger partial charge in [-0.05, 0) is 43.2 Å². The minimum Gasteiger partial charge on any atom is -0.436 e. The Labute approximate surface area is 185 Å². The van der Waals surface area contributed by atoms with E-state index in [1.807, 2.05) is 41.0 Å². The maximum Gasteiger partial charge on any atom is 0.254 e. The molecule has 0 radical (unpaired) electrons. The molecule has 32 heavy (non-hydrogen) atoms. The number of benzene rings is 2. The van der Waals surface area contributed by atoms with Crippen LogP contribution in [0.1, 0.15) is 29.8 Å². The standard InChI is InChI=1S/C24H24F2N4O2/c1-3-17-4-6-18(7-5-17)24(31)30-11-10-29(14-16(30)2)22-13-23(28-15-27-22)32-21-9-8-19(25)12-20(21)26/h4-9,12-13,15-16H,3,10-11,14H2,1-2H3/t16-/m0/s1. The molecule has 1 aromatic heterocycles. The summed E-state index contributed by atoms with van der Waals surface area (Å²) in [5, 5.41) is 0. The number of halogens is 2. The lowest BCUT2D eigenvalue weighted by Gasteiger charge is -2.40. The fourth-order valence-electron chi connectivity index (χ4n) is 3.75. The molecule has 0 bridgehead atoms. The van der Waals surface area contributed by atoms with Crippen LogP contribution >= 0.6 is 0 Å². The van der Waals surface area contributed by atoms with Crippen LogP contribution in [0, 0.1) is 11.6 Å². The lowest BCUT2D eigenvalue weighted by atomic mass is 10.1. The molecule has 0 N–H and O–H groups in total. The molecule has 0 spiro atoms. The van der Waals surface area contributed by atoms with Gasteiger partial charge < -0.3 is 14.5 Å². The number of nitrogens with zero attached hydrogens (tertiary/aromatic N) is 4. The number of carbonyl (C=O) groups is 1. The second kappa shape index (κ2) is 9.30. The Morgan fingerprint density at radius 2 is 1.88 bits per heavy atom. The van der Waals surface area contributed by atoms with Crippen LogP contribution in [0.5, 0.6) is 11.6 Å². The van der Waals surface area contributed by atoms with Gasteiger partial charge in [-0.1, -0.05) is 19.1 Å². The number of aromatic nitrogens is 2. The van der Waals surface area contributed by atoms with Crippen LogP contribution < -0.4 is 9.64 Å². The average Bonchev–Trinajstić information content (AvgIpc) is 2.81. The van der Waals surface area contributed by atoms with E-state index in [-0.39, 0.29) is 23.6 Å². The van der Waals surface area contributed by atoms with Crippen molar-refractivity contribution < 1.29 is 18.3 Å². The number of carbonyl (C=O) groups excluding carboxylic acids is 1. The van der Waals surface area contributed by atoms with Crippen molar-refractivity contribution >= 4 is 11.7 Å². The van der Waals surface area contributed by atoms with Gasteiger partial charge in [0.15, 0.2) is 11.6 Å². The Morgan fingerprint density at radius 3 is 2.56 bits per heavy atom. The fourth-order valence-corrected chi connectivity index (χ4v) is 3.75. The Morgan fingerprint density at radius 1 is 1.09 bits per heavy atom. The normalized spacial score (nSPS) is 16.2. The van der Waals surface area contributed by atoms with Crippen molar-refractivity contribution in [1.82, 2.24) is 14.9 Å². The van der Waals surface area contributed by atoms with Crippen molar-refractivity contribution in [2.45, 2.75) is 26.3 Å². The smallest absolute Gasteiger partial charge is 0.254 e. The highest BCUT2D eigenvalue weighted by molar-refractivity contribution is 5.94. The van der Waals surface area contributed by atoms with E-state index in [9.17, 15) is 13.6 Å². The average molecular weight is 438 g/mol. The van der Waals surface area contributed by atoms with Gasteiger partial charge in [0, 0.05) is 43.4 Å². The van der Waals surface area contributed by atoms with Crippen molar-refractivity contribution in [2.24, 2.45) is 0 Å². The predicted molar refractivity (Wildman–Crippen MR) is 117 cm³/mol. The van der Waals surface area contributed by atoms with Gasteiger partial charge in [-0.3, -0.25) is 4.79 Å². The predicted octanol–water partition coefficient (Wildman–Crippen LogP) is 4.46. The minimum atomic E-state index is -0.808. The lowest BCUT2D eigenvalue weighted by molar-refractivity contribution is 0.0673. The van der Waals surface area contributed by atoms with E-state index in [4.69, 9.17) is 4.74 Å². The molecule has 1 atom stereocenters. The van der Waals surface area contributed by atoms with Crippen LogP contribution in [0.15, 0.2) is 54.9 Å². The number of ether oxygens (including phenoxy) is 1. The summed E-state index contributed by atoms with van der Waals surface area (Å²) in [6, 6.07) is 12.4. The summed E-state index contributed by atoms with van der Waals surface area (Å²) >= 11 is 0. The number of aryl methyl sites for hydroxylation is 1. The van der Waals surface area contributed by atoms with Crippen molar-refractivity contribution in [3.05, 3.63) is 77.6 Å². The fraction of sp³-hybridized carbons (Fsp3) is 0.292. The highest BCUT2D eigenvalue weighted by Crippen LogP contribution is 2.26. The molecule has 1 aliphatic heterocycles. The zero-order chi connectivity index (χ0) is 22.7. The first-order valence-corrected chi connectivity index (χ1v) is 10.5. The molecule has 0 unspecified atom stereocenters. The number of hydrogen-bond donors (Lipinski definition) is 0. The highest BCUT2D eigenvalue weighted by atomic mass is 19.1. The third kappa shape index (κ3) is 4.69. The molecule has 4 rings (SSSR count). The highest BCUT2D eigenvalue weighted by Gasteiger charge is 2.29. The van der Waals surface area contributed by atoms with Gasteiger partial charge in [0.1, 0.15) is 18.0 Å². The van der Waals surface area contributed by atoms with Gasteiger partial charge in [-0.15, -0.1) is 0 Å². The van der Waals surface area contributed by atoms with E-state index in [0.29, 0.717) is 31.0 Å². The van der Waals surface area contributed by atoms with Gasteiger partial charge in [0.25, 0.3) is 5.91 Å². The summed E-state index contributed by atoms with van der Waals surface area (Å²) in [6.45, 7) is 5.79. The molecule has 0 aliphatic carbocycles. The largest absolute Gasteiger partial charge is 0.436 e. The van der Waals surface area contributed by atoms with Gasteiger partial charge in [0.2, 0.25) is 5.88 Å². The van der Waals surface area contributed by atoms with Gasteiger partial charge in [-0.25, -0.2) is 18.7 Å². The summed E-state index contributed by atoms with van der Waals surface area (Å²) in [5.41, 5.74) is 1.88. The van der Waals surface area contributed by atoms with E-state index < -0.39 is 11.6 Å². The molecule has 2 heterocycles. The number of amides is 1. The van der Waals surface area contributed by atoms with Crippen molar-refractivity contribution in [2.75, 3.05) is 24.5 Å². The van der Waals surface area contributed by atoms with Crippen LogP contribution in [0.4, 0.5) is 14.6 Å². The third-order valence-electron chi connectivity index (χ3n) is 5.56. The second-order valence-electron chi connectivity index (χ2n) is 7.74. The summed E-state index contributed by atoms with van der Waals surface area (Å²) < 4.78 is 32.5. The minimum absolute atomic E-state index is 0.0123. The van der Waals surface area contributed by atoms with Crippen LogP contribution in [0.25, 0.3) is 0 Å². The zero-order valence-electron chi connectivity index (χ0n) is 18.0. The maximum absolute atomic E-state index is 13.9. The van der Waals surface area contributed by atoms with Crippen molar-refractivity contribution in [1.29, 1.82) is 0 Å². The summed E-state index contributed by atoms with van der Waals surface area (Å²) in [6.07, 6.45) is 2.27. The monoisotopic (exact) mass is 438 g/mol. The molecule has 8 heteroatoms. The Balaban J connectivity index is 1.43. The van der Waals surface area contributed by atoms with Crippen LogP contribution in [0.2, 0.25) is 0 Å². The van der Waals surface area contributed by atoms with Gasteiger partial charge in [-0.2, -0.15) is 0 Å². The molecule has 1 aliphatic rings. The van der Waals surface area contributed by atoms with Gasteiger partial charge in [0.05, 0.1) is 0 Å². The number of anilines is 1. The first-order valence-electron chi connectivity index (χ1n) is 10.5. The van der Waals surface area contributed by atoms with E-state index in [2.05, 4.69) is 16.9 Å². The number of rotatable bonds is 5. The molecular weight excluding hydrogens is 414 g/mol. The lowest BCUT2D eigenvalue weighted by Crippen LogP contribution is -2.54. The first-order chi connectivity index (χ1) is 15.4. The molecule has 2 aromatic carbocycles. The van der Waals surface area contributed by atoms with E-state index >= 15 is 0 Å². The zero-order valence-corrected chi connectivity index (χ0v) is 18.0. The summed E-state index contributed by atoms with van der Waals surface area (Å²) in [5.74, 6) is -0.822. The maximum atomic E-state index is 13.9. The molecule has 6 nitrogen and oxygen atoms in total. The van der Waals surface area contributed by atoms with Crippen molar-refractivity contribution in [3.8, 4) is 11.6 Å².